The van der Waals surface area contributed by atoms with Crippen molar-refractivity contribution < 1.29 is 14.3 Å². The molecule has 3 amide bonds. The lowest BCUT2D eigenvalue weighted by Gasteiger charge is -2.16. The van der Waals surface area contributed by atoms with Crippen LogP contribution in [0.4, 0.5) is 4.79 Å². The van der Waals surface area contributed by atoms with Gasteiger partial charge < -0.3 is 9.64 Å². The number of urea groups is 1. The topological polar surface area (TPSA) is 49.9 Å². The Kier molecular flexibility index (Phi) is 4.98. The molecule has 0 unspecified atom stereocenters. The maximum Gasteiger partial charge on any atom is 0.327 e. The molecule has 16 heavy (non-hydrogen) atoms. The zero-order valence-electron chi connectivity index (χ0n) is 9.65. The van der Waals surface area contributed by atoms with Crippen LogP contribution in [0.5, 0.6) is 0 Å². The number of carbonyl (C=O) groups is 2. The minimum Gasteiger partial charge on any atom is -0.380 e. The van der Waals surface area contributed by atoms with Crippen LogP contribution >= 0.6 is 0 Å². The van der Waals surface area contributed by atoms with E-state index in [1.165, 1.54) is 4.90 Å². The first-order valence-corrected chi connectivity index (χ1v) is 5.51. The zero-order valence-corrected chi connectivity index (χ0v) is 9.65. The first-order valence-electron chi connectivity index (χ1n) is 5.51. The molecule has 0 spiro atoms. The van der Waals surface area contributed by atoms with E-state index in [9.17, 15) is 9.59 Å². The summed E-state index contributed by atoms with van der Waals surface area (Å²) in [6.07, 6.45) is 2.13. The molecule has 0 aromatic rings. The highest BCUT2D eigenvalue weighted by Crippen LogP contribution is 2.08. The van der Waals surface area contributed by atoms with E-state index in [4.69, 9.17) is 4.74 Å². The van der Waals surface area contributed by atoms with E-state index in [2.05, 4.69) is 6.58 Å². The van der Waals surface area contributed by atoms with Crippen LogP contribution in [0, 0.1) is 0 Å². The predicted molar refractivity (Wildman–Crippen MR) is 60.0 cm³/mol. The van der Waals surface area contributed by atoms with Gasteiger partial charge in [0.15, 0.2) is 0 Å². The van der Waals surface area contributed by atoms with Crippen LogP contribution in [0.25, 0.3) is 0 Å². The molecule has 1 heterocycles. The molecule has 0 aromatic heterocycles. The maximum atomic E-state index is 11.7. The van der Waals surface area contributed by atoms with E-state index in [0.717, 1.165) is 12.5 Å². The number of imide groups is 1. The first kappa shape index (κ1) is 12.7. The molecule has 0 saturated carbocycles. The molecule has 1 saturated heterocycles. The molecular formula is C11H18N2O3. The zero-order chi connectivity index (χ0) is 12.0. The molecule has 5 heteroatoms. The molecule has 0 bridgehead atoms. The van der Waals surface area contributed by atoms with Gasteiger partial charge >= 0.3 is 6.03 Å². The van der Waals surface area contributed by atoms with Gasteiger partial charge in [-0.3, -0.25) is 9.69 Å². The van der Waals surface area contributed by atoms with Crippen LogP contribution in [0.3, 0.4) is 0 Å². The summed E-state index contributed by atoms with van der Waals surface area (Å²) in [5.74, 6) is -0.332. The standard InChI is InChI=1S/C11H18N2O3/c1-3-8-16-9-7-12-5-6-13(11(12)15)10(14)4-2/h4H,2-3,5-9H2,1H3. The lowest BCUT2D eigenvalue weighted by Crippen LogP contribution is -2.36. The van der Waals surface area contributed by atoms with Gasteiger partial charge in [0.25, 0.3) is 5.91 Å². The largest absolute Gasteiger partial charge is 0.380 e. The average Bonchev–Trinajstić information content (AvgIpc) is 2.65. The van der Waals surface area contributed by atoms with Crippen LogP contribution in [-0.2, 0) is 9.53 Å². The fourth-order valence-corrected chi connectivity index (χ4v) is 1.53. The summed E-state index contributed by atoms with van der Waals surface area (Å²) in [6, 6.07) is -0.245. The minimum atomic E-state index is -0.332. The fourth-order valence-electron chi connectivity index (χ4n) is 1.53. The number of nitrogens with zero attached hydrogens (tertiary/aromatic N) is 2. The summed E-state index contributed by atoms with van der Waals surface area (Å²) >= 11 is 0. The Hall–Kier alpha value is -1.36. The van der Waals surface area contributed by atoms with Crippen LogP contribution in [0.2, 0.25) is 0 Å². The van der Waals surface area contributed by atoms with Gasteiger partial charge in [0.2, 0.25) is 0 Å². The Morgan fingerprint density at radius 1 is 1.50 bits per heavy atom. The Morgan fingerprint density at radius 2 is 2.25 bits per heavy atom. The van der Waals surface area contributed by atoms with Gasteiger partial charge in [0.1, 0.15) is 0 Å². The van der Waals surface area contributed by atoms with E-state index in [1.54, 1.807) is 4.90 Å². The molecule has 1 rings (SSSR count). The molecule has 90 valence electrons. The molecular weight excluding hydrogens is 208 g/mol. The van der Waals surface area contributed by atoms with Gasteiger partial charge in [-0.15, -0.1) is 0 Å². The highest BCUT2D eigenvalue weighted by molar-refractivity contribution is 6.01. The van der Waals surface area contributed by atoms with Gasteiger partial charge in [0.05, 0.1) is 6.61 Å². The van der Waals surface area contributed by atoms with Crippen molar-refractivity contribution in [2.75, 3.05) is 32.8 Å². The highest BCUT2D eigenvalue weighted by atomic mass is 16.5. The van der Waals surface area contributed by atoms with Crippen LogP contribution in [-0.4, -0.2) is 54.6 Å². The van der Waals surface area contributed by atoms with E-state index < -0.39 is 0 Å². The quantitative estimate of drug-likeness (QED) is 0.498. The summed E-state index contributed by atoms with van der Waals surface area (Å²) in [6.45, 7) is 8.19. The third-order valence-corrected chi connectivity index (χ3v) is 2.39. The molecule has 0 aliphatic carbocycles. The number of hydrogen-bond donors (Lipinski definition) is 0. The molecule has 0 atom stereocenters. The van der Waals surface area contributed by atoms with Crippen molar-refractivity contribution in [1.29, 1.82) is 0 Å². The lowest BCUT2D eigenvalue weighted by molar-refractivity contribution is -0.122. The maximum absolute atomic E-state index is 11.7. The van der Waals surface area contributed by atoms with Gasteiger partial charge in [-0.1, -0.05) is 13.5 Å². The van der Waals surface area contributed by atoms with Crippen LogP contribution < -0.4 is 0 Å². The second kappa shape index (κ2) is 6.27. The van der Waals surface area contributed by atoms with Crippen molar-refractivity contribution in [3.8, 4) is 0 Å². The van der Waals surface area contributed by atoms with Gasteiger partial charge in [-0.2, -0.15) is 0 Å². The second-order valence-corrected chi connectivity index (χ2v) is 3.58. The normalized spacial score (nSPS) is 15.7. The van der Waals surface area contributed by atoms with Crippen molar-refractivity contribution in [1.82, 2.24) is 9.80 Å². The molecule has 5 nitrogen and oxygen atoms in total. The summed E-state index contributed by atoms with van der Waals surface area (Å²) in [5, 5.41) is 0. The van der Waals surface area contributed by atoms with Crippen LogP contribution in [0.1, 0.15) is 13.3 Å². The number of carbonyl (C=O) groups excluding carboxylic acids is 2. The SMILES string of the molecule is C=CC(=O)N1CCN(CCOCCC)C1=O. The third-order valence-electron chi connectivity index (χ3n) is 2.39. The summed E-state index contributed by atoms with van der Waals surface area (Å²) in [5.41, 5.74) is 0. The smallest absolute Gasteiger partial charge is 0.327 e. The van der Waals surface area contributed by atoms with Gasteiger partial charge in [-0.25, -0.2) is 4.79 Å². The minimum absolute atomic E-state index is 0.245. The molecule has 0 N–H and O–H groups in total. The van der Waals surface area contributed by atoms with E-state index in [1.807, 2.05) is 6.92 Å². The van der Waals surface area contributed by atoms with Crippen molar-refractivity contribution in [3.63, 3.8) is 0 Å². The predicted octanol–water partition coefficient (Wildman–Crippen LogP) is 0.863. The van der Waals surface area contributed by atoms with Crippen molar-refractivity contribution >= 4 is 11.9 Å². The Morgan fingerprint density at radius 3 is 2.88 bits per heavy atom. The van der Waals surface area contributed by atoms with E-state index >= 15 is 0 Å². The first-order chi connectivity index (χ1) is 7.70. The summed E-state index contributed by atoms with van der Waals surface area (Å²) < 4.78 is 5.30. The molecule has 1 aliphatic rings. The third kappa shape index (κ3) is 3.06. The van der Waals surface area contributed by atoms with Gasteiger partial charge in [0, 0.05) is 26.2 Å². The molecule has 0 radical (unpaired) electrons. The van der Waals surface area contributed by atoms with Crippen molar-refractivity contribution in [2.45, 2.75) is 13.3 Å². The number of amides is 3. The summed E-state index contributed by atoms with van der Waals surface area (Å²) in [7, 11) is 0. The number of hydrogen-bond acceptors (Lipinski definition) is 3. The second-order valence-electron chi connectivity index (χ2n) is 3.58. The average molecular weight is 226 g/mol. The Balaban J connectivity index is 2.33. The van der Waals surface area contributed by atoms with Crippen molar-refractivity contribution in [2.24, 2.45) is 0 Å². The Labute approximate surface area is 95.6 Å². The fraction of sp³-hybridized carbons (Fsp3) is 0.636. The van der Waals surface area contributed by atoms with Gasteiger partial charge in [-0.05, 0) is 12.5 Å². The Bertz CT molecular complexity index is 278. The number of ether oxygens (including phenoxy) is 1. The molecule has 0 aromatic carbocycles. The van der Waals surface area contributed by atoms with E-state index in [0.29, 0.717) is 32.8 Å². The van der Waals surface area contributed by atoms with Crippen LogP contribution in [0.15, 0.2) is 12.7 Å². The lowest BCUT2D eigenvalue weighted by atomic mass is 10.5. The molecule has 1 aliphatic heterocycles. The molecule has 1 fully saturated rings. The summed E-state index contributed by atoms with van der Waals surface area (Å²) in [4.78, 5) is 25.8. The van der Waals surface area contributed by atoms with Crippen molar-refractivity contribution in [3.05, 3.63) is 12.7 Å². The highest BCUT2D eigenvalue weighted by Gasteiger charge is 2.31. The number of rotatable bonds is 6. The van der Waals surface area contributed by atoms with E-state index in [-0.39, 0.29) is 11.9 Å². The monoisotopic (exact) mass is 226 g/mol.